The molecule has 64 heavy (non-hydrogen) atoms. The van der Waals surface area contributed by atoms with Crippen LogP contribution in [0, 0.1) is 5.92 Å². The Bertz CT molecular complexity index is 3270. The number of benzene rings is 8. The Morgan fingerprint density at radius 2 is 1.06 bits per heavy atom. The number of allylic oxidation sites excluding steroid dienone is 5. The van der Waals surface area contributed by atoms with Gasteiger partial charge in [0.25, 0.3) is 0 Å². The van der Waals surface area contributed by atoms with Crippen LogP contribution in [0.2, 0.25) is 0 Å². The van der Waals surface area contributed by atoms with Gasteiger partial charge in [-0.1, -0.05) is 135 Å². The minimum Gasteiger partial charge on any atom is -0.333 e. The van der Waals surface area contributed by atoms with E-state index in [2.05, 4.69) is 247 Å². The van der Waals surface area contributed by atoms with Crippen molar-refractivity contribution in [1.29, 1.82) is 0 Å². The summed E-state index contributed by atoms with van der Waals surface area (Å²) in [6.07, 6.45) is 15.0. The van der Waals surface area contributed by atoms with Crippen molar-refractivity contribution >= 4 is 94.2 Å². The van der Waals surface area contributed by atoms with Crippen LogP contribution in [0.1, 0.15) is 42.7 Å². The summed E-state index contributed by atoms with van der Waals surface area (Å²) in [5.74, 6) is 0.872. The molecule has 2 aliphatic rings. The minimum atomic E-state index is 0.192. The summed E-state index contributed by atoms with van der Waals surface area (Å²) >= 11 is 1.96. The van der Waals surface area contributed by atoms with Gasteiger partial charge in [0.1, 0.15) is 0 Å². The van der Waals surface area contributed by atoms with E-state index in [4.69, 9.17) is 0 Å². The summed E-state index contributed by atoms with van der Waals surface area (Å²) in [5.41, 5.74) is 12.9. The number of thiophene rings is 1. The summed E-state index contributed by atoms with van der Waals surface area (Å²) in [6.45, 7) is 4.72. The molecule has 3 unspecified atom stereocenters. The van der Waals surface area contributed by atoms with Gasteiger partial charge in [-0.15, -0.1) is 11.3 Å². The first-order chi connectivity index (χ1) is 31.6. The first-order valence-corrected chi connectivity index (χ1v) is 23.3. The first kappa shape index (κ1) is 38.3. The van der Waals surface area contributed by atoms with Gasteiger partial charge in [0.2, 0.25) is 0 Å². The van der Waals surface area contributed by atoms with Gasteiger partial charge in [-0.2, -0.15) is 0 Å². The molecule has 0 saturated heterocycles. The molecule has 2 aromatic heterocycles. The molecule has 0 bridgehead atoms. The first-order valence-electron chi connectivity index (χ1n) is 22.5. The molecule has 4 heteroatoms. The van der Waals surface area contributed by atoms with E-state index in [0.29, 0.717) is 11.8 Å². The molecule has 10 aromatic rings. The summed E-state index contributed by atoms with van der Waals surface area (Å²) in [6, 6.07) is 67.1. The standard InChI is InChI=1S/C60H47N3S/c1-40-18-15-16-28-55(40)63-56-33-31-42(36-53(56)54-37-43-30-32-51-59-41(2)19-17-29-58(59)64-60(51)52(43)39-57(54)63)44-34-49(61(45-20-7-3-8-21-45)46-22-9-4-10-23-46)38-50(35-44)62(47-24-11-5-12-25-47)48-26-13-6-14-27-48/h3-18,20-41,55H,19H2,1-2H3. The van der Waals surface area contributed by atoms with E-state index in [9.17, 15) is 0 Å². The van der Waals surface area contributed by atoms with Gasteiger partial charge in [0.15, 0.2) is 0 Å². The van der Waals surface area contributed by atoms with Crippen LogP contribution < -0.4 is 9.80 Å². The highest BCUT2D eigenvalue weighted by molar-refractivity contribution is 7.21. The fraction of sp³-hybridized carbons (Fsp3) is 0.100. The number of para-hydroxylation sites is 4. The third-order valence-corrected chi connectivity index (χ3v) is 14.6. The summed E-state index contributed by atoms with van der Waals surface area (Å²) in [5, 5.41) is 6.61. The smallest absolute Gasteiger partial charge is 0.0585 e. The van der Waals surface area contributed by atoms with E-state index in [-0.39, 0.29) is 6.04 Å². The summed E-state index contributed by atoms with van der Waals surface area (Å²) < 4.78 is 4.02. The fourth-order valence-electron chi connectivity index (χ4n) is 10.3. The monoisotopic (exact) mass is 841 g/mol. The number of nitrogens with zero attached hydrogens (tertiary/aromatic N) is 3. The fourth-order valence-corrected chi connectivity index (χ4v) is 11.7. The van der Waals surface area contributed by atoms with Crippen molar-refractivity contribution in [3.05, 3.63) is 223 Å². The lowest BCUT2D eigenvalue weighted by molar-refractivity contribution is 0.510. The van der Waals surface area contributed by atoms with E-state index in [1.165, 1.54) is 58.7 Å². The highest BCUT2D eigenvalue weighted by Crippen LogP contribution is 2.48. The van der Waals surface area contributed by atoms with Gasteiger partial charge >= 0.3 is 0 Å². The Balaban J connectivity index is 1.12. The highest BCUT2D eigenvalue weighted by atomic mass is 32.1. The van der Waals surface area contributed by atoms with Crippen LogP contribution in [0.25, 0.3) is 59.9 Å². The molecule has 2 aliphatic carbocycles. The van der Waals surface area contributed by atoms with Crippen LogP contribution in [-0.2, 0) is 0 Å². The zero-order chi connectivity index (χ0) is 42.7. The maximum atomic E-state index is 2.62. The number of rotatable bonds is 8. The van der Waals surface area contributed by atoms with Crippen LogP contribution >= 0.6 is 11.3 Å². The van der Waals surface area contributed by atoms with Crippen LogP contribution in [0.5, 0.6) is 0 Å². The maximum Gasteiger partial charge on any atom is 0.0585 e. The maximum absolute atomic E-state index is 2.62. The lowest BCUT2D eigenvalue weighted by Gasteiger charge is -2.30. The van der Waals surface area contributed by atoms with Crippen molar-refractivity contribution in [1.82, 2.24) is 4.57 Å². The molecule has 0 fully saturated rings. The number of anilines is 6. The molecule has 0 amide bonds. The predicted octanol–water partition coefficient (Wildman–Crippen LogP) is 17.6. The predicted molar refractivity (Wildman–Crippen MR) is 276 cm³/mol. The molecule has 12 rings (SSSR count). The molecule has 3 atom stereocenters. The van der Waals surface area contributed by atoms with E-state index in [0.717, 1.165) is 46.1 Å². The van der Waals surface area contributed by atoms with Crippen molar-refractivity contribution in [2.24, 2.45) is 5.92 Å². The lowest BCUT2D eigenvalue weighted by atomic mass is 9.90. The van der Waals surface area contributed by atoms with Crippen LogP contribution in [0.4, 0.5) is 34.1 Å². The van der Waals surface area contributed by atoms with E-state index in [1.807, 2.05) is 11.3 Å². The summed E-state index contributed by atoms with van der Waals surface area (Å²) in [7, 11) is 0. The van der Waals surface area contributed by atoms with E-state index < -0.39 is 0 Å². The second kappa shape index (κ2) is 15.7. The average Bonchev–Trinajstić information content (AvgIpc) is 3.89. The van der Waals surface area contributed by atoms with Crippen LogP contribution in [-0.4, -0.2) is 4.57 Å². The Kier molecular flexibility index (Phi) is 9.42. The van der Waals surface area contributed by atoms with E-state index >= 15 is 0 Å². The summed E-state index contributed by atoms with van der Waals surface area (Å²) in [4.78, 5) is 6.17. The number of hydrogen-bond acceptors (Lipinski definition) is 3. The highest BCUT2D eigenvalue weighted by Gasteiger charge is 2.26. The Labute approximate surface area is 378 Å². The third-order valence-electron chi connectivity index (χ3n) is 13.4. The molecule has 2 heterocycles. The topological polar surface area (TPSA) is 11.4 Å². The van der Waals surface area contributed by atoms with Gasteiger partial charge in [-0.05, 0) is 143 Å². The average molecular weight is 842 g/mol. The van der Waals surface area contributed by atoms with Gasteiger partial charge in [-0.3, -0.25) is 0 Å². The van der Waals surface area contributed by atoms with Gasteiger partial charge in [-0.25, -0.2) is 0 Å². The molecule has 308 valence electrons. The van der Waals surface area contributed by atoms with Crippen LogP contribution in [0.3, 0.4) is 0 Å². The van der Waals surface area contributed by atoms with E-state index in [1.54, 1.807) is 0 Å². The van der Waals surface area contributed by atoms with Crippen LogP contribution in [0.15, 0.2) is 212 Å². The SMILES string of the molecule is CC1CC=Cc2sc3c(ccc4cc5c6cc(-c7cc(N(c8ccccc8)c8ccccc8)cc(N(c8ccccc8)c8ccccc8)c7)ccc6n(C6C=CC=CC6C)c5cc43)c21. The molecule has 0 N–H and O–H groups in total. The van der Waals surface area contributed by atoms with Gasteiger partial charge < -0.3 is 14.4 Å². The largest absolute Gasteiger partial charge is 0.333 e. The number of hydrogen-bond donors (Lipinski definition) is 0. The second-order valence-electron chi connectivity index (χ2n) is 17.4. The Morgan fingerprint density at radius 3 is 1.66 bits per heavy atom. The van der Waals surface area contributed by atoms with Crippen molar-refractivity contribution < 1.29 is 0 Å². The Hall–Kier alpha value is -7.40. The van der Waals surface area contributed by atoms with Crippen molar-refractivity contribution in [3.8, 4) is 11.1 Å². The lowest BCUT2D eigenvalue weighted by Crippen LogP contribution is -2.15. The van der Waals surface area contributed by atoms with Crippen molar-refractivity contribution in [2.45, 2.75) is 32.2 Å². The van der Waals surface area contributed by atoms with Crippen molar-refractivity contribution in [3.63, 3.8) is 0 Å². The minimum absolute atomic E-state index is 0.192. The normalized spacial score (nSPS) is 16.8. The van der Waals surface area contributed by atoms with Gasteiger partial charge in [0.05, 0.1) is 11.6 Å². The second-order valence-corrected chi connectivity index (χ2v) is 18.5. The molecular weight excluding hydrogens is 795 g/mol. The number of aromatic nitrogens is 1. The van der Waals surface area contributed by atoms with Crippen molar-refractivity contribution in [2.75, 3.05) is 9.80 Å². The third kappa shape index (κ3) is 6.48. The number of fused-ring (bicyclic) bond motifs is 8. The molecule has 3 nitrogen and oxygen atoms in total. The molecule has 0 saturated carbocycles. The molecule has 0 radical (unpaired) electrons. The zero-order valence-electron chi connectivity index (χ0n) is 36.0. The quantitative estimate of drug-likeness (QED) is 0.151. The Morgan fingerprint density at radius 1 is 0.484 bits per heavy atom. The molecule has 0 aliphatic heterocycles. The van der Waals surface area contributed by atoms with Gasteiger partial charge in [0, 0.05) is 65.4 Å². The molecule has 8 aromatic carbocycles. The zero-order valence-corrected chi connectivity index (χ0v) is 36.8. The molecular formula is C60H47N3S. The molecule has 0 spiro atoms.